The van der Waals surface area contributed by atoms with Gasteiger partial charge in [-0.3, -0.25) is 4.79 Å². The van der Waals surface area contributed by atoms with Gasteiger partial charge in [0.2, 0.25) is 0 Å². The van der Waals surface area contributed by atoms with Gasteiger partial charge in [-0.15, -0.1) is 0 Å². The molecule has 3 aromatic carbocycles. The molecule has 4 aromatic rings. The molecule has 1 amide bonds. The summed E-state index contributed by atoms with van der Waals surface area (Å²) in [4.78, 5) is 31.9. The van der Waals surface area contributed by atoms with E-state index in [9.17, 15) is 9.59 Å². The Hall–Kier alpha value is -3.61. The highest BCUT2D eigenvalue weighted by atomic mass is 35.5. The van der Waals surface area contributed by atoms with Crippen molar-refractivity contribution in [3.8, 4) is 11.4 Å². The molecule has 6 nitrogen and oxygen atoms in total. The maximum Gasteiger partial charge on any atom is 0.330 e. The molecule has 0 spiro atoms. The monoisotopic (exact) mass is 479 g/mol. The number of benzene rings is 3. The van der Waals surface area contributed by atoms with E-state index in [2.05, 4.69) is 15.3 Å². The third kappa shape index (κ3) is 5.25. The van der Waals surface area contributed by atoms with Gasteiger partial charge in [0.05, 0.1) is 33.2 Å². The molecule has 4 rings (SSSR count). The largest absolute Gasteiger partial charge is 0.463 e. The van der Waals surface area contributed by atoms with E-state index in [1.807, 2.05) is 0 Å². The fourth-order valence-electron chi connectivity index (χ4n) is 3.23. The van der Waals surface area contributed by atoms with E-state index in [1.165, 1.54) is 6.08 Å². The van der Waals surface area contributed by atoms with E-state index in [4.69, 9.17) is 27.9 Å². The topological polar surface area (TPSA) is 84.1 Å². The van der Waals surface area contributed by atoms with Crippen LogP contribution in [0.1, 0.15) is 22.8 Å². The quantitative estimate of drug-likeness (QED) is 0.248. The van der Waals surface area contributed by atoms with E-state index in [0.29, 0.717) is 50.3 Å². The molecular weight excluding hydrogens is 461 g/mol. The number of imidazole rings is 1. The number of amides is 1. The van der Waals surface area contributed by atoms with E-state index in [1.54, 1.807) is 73.7 Å². The minimum atomic E-state index is -0.399. The smallest absolute Gasteiger partial charge is 0.330 e. The first-order valence-corrected chi connectivity index (χ1v) is 10.9. The summed E-state index contributed by atoms with van der Waals surface area (Å²) < 4.78 is 4.85. The number of halogens is 2. The predicted molar refractivity (Wildman–Crippen MR) is 132 cm³/mol. The van der Waals surface area contributed by atoms with Crippen molar-refractivity contribution in [3.63, 3.8) is 0 Å². The zero-order valence-electron chi connectivity index (χ0n) is 17.6. The molecule has 0 aliphatic carbocycles. The van der Waals surface area contributed by atoms with Crippen LogP contribution in [0.3, 0.4) is 0 Å². The first-order valence-electron chi connectivity index (χ1n) is 10.1. The number of carbonyl (C=O) groups excluding carboxylic acids is 2. The molecule has 0 aliphatic heterocycles. The first kappa shape index (κ1) is 22.6. The third-order valence-corrected chi connectivity index (χ3v) is 5.44. The lowest BCUT2D eigenvalue weighted by atomic mass is 10.1. The molecule has 0 radical (unpaired) electrons. The molecular formula is C25H19Cl2N3O3. The van der Waals surface area contributed by atoms with E-state index >= 15 is 0 Å². The number of esters is 1. The molecule has 0 fully saturated rings. The maximum atomic E-state index is 12.8. The molecule has 8 heteroatoms. The Morgan fingerprint density at radius 3 is 2.48 bits per heavy atom. The molecule has 33 heavy (non-hydrogen) atoms. The number of rotatable bonds is 6. The van der Waals surface area contributed by atoms with Gasteiger partial charge in [-0.05, 0) is 61.0 Å². The SMILES string of the molecule is CCOC(=O)C=Cc1ccc(NC(=O)c2ccc3nc(-c4c(Cl)cccc4Cl)[nH]c3c2)cc1. The molecule has 1 heterocycles. The Balaban J connectivity index is 1.50. The number of aromatic amines is 1. The standard InChI is InChI=1S/C25H19Cl2N3O3/c1-2-33-22(31)13-8-15-6-10-17(11-7-15)28-25(32)16-9-12-20-21(14-16)30-24(29-20)23-18(26)4-3-5-19(23)27/h3-14H,2H2,1H3,(H,28,32)(H,29,30). The molecule has 0 saturated heterocycles. The summed E-state index contributed by atoms with van der Waals surface area (Å²) >= 11 is 12.6. The van der Waals surface area contributed by atoms with Gasteiger partial charge in [0.15, 0.2) is 0 Å². The zero-order chi connectivity index (χ0) is 23.4. The minimum Gasteiger partial charge on any atom is -0.463 e. The lowest BCUT2D eigenvalue weighted by Gasteiger charge is -2.06. The second-order valence-electron chi connectivity index (χ2n) is 7.08. The van der Waals surface area contributed by atoms with Crippen molar-refractivity contribution in [2.75, 3.05) is 11.9 Å². The molecule has 0 bridgehead atoms. The minimum absolute atomic E-state index is 0.265. The van der Waals surface area contributed by atoms with Crippen molar-refractivity contribution in [2.24, 2.45) is 0 Å². The van der Waals surface area contributed by atoms with Crippen molar-refractivity contribution >= 4 is 57.9 Å². The van der Waals surface area contributed by atoms with Gasteiger partial charge in [-0.2, -0.15) is 0 Å². The lowest BCUT2D eigenvalue weighted by Crippen LogP contribution is -2.11. The van der Waals surface area contributed by atoms with Crippen LogP contribution in [0, 0.1) is 0 Å². The number of nitrogens with zero attached hydrogens (tertiary/aromatic N) is 1. The number of fused-ring (bicyclic) bond motifs is 1. The summed E-state index contributed by atoms with van der Waals surface area (Å²) in [6.07, 6.45) is 3.01. The highest BCUT2D eigenvalue weighted by Gasteiger charge is 2.14. The summed E-state index contributed by atoms with van der Waals surface area (Å²) in [5, 5.41) is 3.83. The van der Waals surface area contributed by atoms with Crippen molar-refractivity contribution < 1.29 is 14.3 Å². The Morgan fingerprint density at radius 1 is 1.06 bits per heavy atom. The Labute approximate surface area is 200 Å². The van der Waals surface area contributed by atoms with Crippen molar-refractivity contribution in [3.05, 3.63) is 87.9 Å². The van der Waals surface area contributed by atoms with E-state index in [-0.39, 0.29) is 5.91 Å². The second-order valence-corrected chi connectivity index (χ2v) is 7.89. The van der Waals surface area contributed by atoms with Gasteiger partial charge in [0.25, 0.3) is 5.91 Å². The molecule has 0 unspecified atom stereocenters. The van der Waals surface area contributed by atoms with Crippen LogP contribution in [-0.2, 0) is 9.53 Å². The first-order chi connectivity index (χ1) is 15.9. The van der Waals surface area contributed by atoms with Crippen LogP contribution in [-0.4, -0.2) is 28.5 Å². The Kier molecular flexibility index (Phi) is 6.77. The number of hydrogen-bond acceptors (Lipinski definition) is 4. The summed E-state index contributed by atoms with van der Waals surface area (Å²) in [7, 11) is 0. The molecule has 0 saturated carbocycles. The average Bonchev–Trinajstić information content (AvgIpc) is 3.21. The highest BCUT2D eigenvalue weighted by Crippen LogP contribution is 2.34. The fraction of sp³-hybridized carbons (Fsp3) is 0.0800. The lowest BCUT2D eigenvalue weighted by molar-refractivity contribution is -0.137. The maximum absolute atomic E-state index is 12.8. The van der Waals surface area contributed by atoms with Crippen LogP contribution in [0.2, 0.25) is 10.0 Å². The summed E-state index contributed by atoms with van der Waals surface area (Å²) in [5.74, 6) is -0.132. The number of anilines is 1. The third-order valence-electron chi connectivity index (χ3n) is 4.81. The number of ether oxygens (including phenoxy) is 1. The number of aromatic nitrogens is 2. The van der Waals surface area contributed by atoms with Gasteiger partial charge in [0, 0.05) is 17.3 Å². The average molecular weight is 480 g/mol. The van der Waals surface area contributed by atoms with Crippen LogP contribution in [0.5, 0.6) is 0 Å². The Morgan fingerprint density at radius 2 is 1.79 bits per heavy atom. The summed E-state index contributed by atoms with van der Waals surface area (Å²) in [5.41, 5.74) is 3.89. The summed E-state index contributed by atoms with van der Waals surface area (Å²) in [6, 6.07) is 17.5. The van der Waals surface area contributed by atoms with Crippen LogP contribution in [0.4, 0.5) is 5.69 Å². The molecule has 1 aromatic heterocycles. The van der Waals surface area contributed by atoms with Crippen molar-refractivity contribution in [1.29, 1.82) is 0 Å². The molecule has 2 N–H and O–H groups in total. The zero-order valence-corrected chi connectivity index (χ0v) is 19.1. The summed E-state index contributed by atoms with van der Waals surface area (Å²) in [6.45, 7) is 2.08. The van der Waals surface area contributed by atoms with Crippen molar-refractivity contribution in [2.45, 2.75) is 6.92 Å². The van der Waals surface area contributed by atoms with Crippen LogP contribution >= 0.6 is 23.2 Å². The normalized spacial score (nSPS) is 11.1. The highest BCUT2D eigenvalue weighted by molar-refractivity contribution is 6.39. The van der Waals surface area contributed by atoms with Gasteiger partial charge in [-0.1, -0.05) is 41.4 Å². The fourth-order valence-corrected chi connectivity index (χ4v) is 3.81. The van der Waals surface area contributed by atoms with E-state index in [0.717, 1.165) is 5.56 Å². The molecule has 0 aliphatic rings. The van der Waals surface area contributed by atoms with Gasteiger partial charge >= 0.3 is 5.97 Å². The van der Waals surface area contributed by atoms with Crippen LogP contribution in [0.25, 0.3) is 28.5 Å². The van der Waals surface area contributed by atoms with Gasteiger partial charge in [-0.25, -0.2) is 9.78 Å². The molecule has 166 valence electrons. The van der Waals surface area contributed by atoms with Crippen molar-refractivity contribution in [1.82, 2.24) is 9.97 Å². The second kappa shape index (κ2) is 9.90. The predicted octanol–water partition coefficient (Wildman–Crippen LogP) is 6.37. The van der Waals surface area contributed by atoms with Gasteiger partial charge < -0.3 is 15.0 Å². The number of nitrogens with one attached hydrogen (secondary N) is 2. The van der Waals surface area contributed by atoms with Crippen LogP contribution < -0.4 is 5.32 Å². The number of H-pyrrole nitrogens is 1. The number of hydrogen-bond donors (Lipinski definition) is 2. The van der Waals surface area contributed by atoms with Gasteiger partial charge in [0.1, 0.15) is 5.82 Å². The van der Waals surface area contributed by atoms with E-state index < -0.39 is 5.97 Å². The van der Waals surface area contributed by atoms with Crippen LogP contribution in [0.15, 0.2) is 66.7 Å². The number of carbonyl (C=O) groups is 2. The molecule has 0 atom stereocenters. The Bertz CT molecular complexity index is 1340.